The van der Waals surface area contributed by atoms with Crippen LogP contribution in [-0.2, 0) is 6.54 Å². The molecule has 1 atom stereocenters. The van der Waals surface area contributed by atoms with Gasteiger partial charge in [0.1, 0.15) is 0 Å². The molecule has 2 aromatic carbocycles. The molecule has 0 bridgehead atoms. The Bertz CT molecular complexity index is 1080. The Labute approximate surface area is 192 Å². The Balaban J connectivity index is 1.22. The number of benzene rings is 2. The summed E-state index contributed by atoms with van der Waals surface area (Å²) in [4.78, 5) is 9.98. The van der Waals surface area contributed by atoms with E-state index in [-0.39, 0.29) is 0 Å². The Morgan fingerprint density at radius 1 is 1.00 bits per heavy atom. The van der Waals surface area contributed by atoms with Crippen LogP contribution in [0, 0.1) is 18.3 Å². The first-order chi connectivity index (χ1) is 15.7. The number of rotatable bonds is 8. The lowest BCUT2D eigenvalue weighted by Crippen LogP contribution is -2.46. The first-order valence-electron chi connectivity index (χ1n) is 12.0. The van der Waals surface area contributed by atoms with Crippen molar-refractivity contribution < 1.29 is 0 Å². The number of fused-ring (bicyclic) bond motifs is 1. The maximum Gasteiger partial charge on any atom is 0.0994 e. The van der Waals surface area contributed by atoms with E-state index in [9.17, 15) is 5.26 Å². The first kappa shape index (κ1) is 22.5. The summed E-state index contributed by atoms with van der Waals surface area (Å²) in [5.41, 5.74) is 5.53. The van der Waals surface area contributed by atoms with Gasteiger partial charge in [0.15, 0.2) is 0 Å². The molecule has 0 spiro atoms. The summed E-state index contributed by atoms with van der Waals surface area (Å²) < 4.78 is 0. The summed E-state index contributed by atoms with van der Waals surface area (Å²) in [7, 11) is 0. The standard InChI is InChI=1S/C28H34N4/c1-3-23(25-10-11-26(20-29)22(2)19-25)8-6-14-31-15-17-32(18-16-31)21-27-13-12-24-7-4-5-9-28(24)30-27/h4-5,7,9-13,19,23H,3,6,8,14-18,21H2,1-2H3. The minimum Gasteiger partial charge on any atom is -0.301 e. The van der Waals surface area contributed by atoms with E-state index in [1.165, 1.54) is 36.0 Å². The summed E-state index contributed by atoms with van der Waals surface area (Å²) in [5.74, 6) is 0.585. The van der Waals surface area contributed by atoms with Crippen LogP contribution in [0.5, 0.6) is 0 Å². The number of para-hydroxylation sites is 1. The molecule has 4 nitrogen and oxygen atoms in total. The van der Waals surface area contributed by atoms with Crippen LogP contribution in [0.25, 0.3) is 10.9 Å². The van der Waals surface area contributed by atoms with Crippen molar-refractivity contribution in [2.45, 2.75) is 45.6 Å². The van der Waals surface area contributed by atoms with Gasteiger partial charge in [-0.1, -0.05) is 43.3 Å². The largest absolute Gasteiger partial charge is 0.301 e. The number of hydrogen-bond acceptors (Lipinski definition) is 4. The molecule has 0 amide bonds. The van der Waals surface area contributed by atoms with Crippen molar-refractivity contribution >= 4 is 10.9 Å². The highest BCUT2D eigenvalue weighted by Crippen LogP contribution is 2.27. The fraction of sp³-hybridized carbons (Fsp3) is 0.429. The number of piperazine rings is 1. The molecule has 1 aromatic heterocycles. The van der Waals surface area contributed by atoms with Gasteiger partial charge in [0, 0.05) is 38.1 Å². The fourth-order valence-corrected chi connectivity index (χ4v) is 4.83. The zero-order valence-corrected chi connectivity index (χ0v) is 19.4. The summed E-state index contributed by atoms with van der Waals surface area (Å²) in [5, 5.41) is 10.4. The average Bonchev–Trinajstić information content (AvgIpc) is 2.83. The average molecular weight is 427 g/mol. The summed E-state index contributed by atoms with van der Waals surface area (Å²) in [6, 6.07) is 21.3. The lowest BCUT2D eigenvalue weighted by molar-refractivity contribution is 0.124. The number of nitrogens with zero attached hydrogens (tertiary/aromatic N) is 4. The number of pyridine rings is 1. The van der Waals surface area contributed by atoms with Crippen molar-refractivity contribution in [3.8, 4) is 6.07 Å². The van der Waals surface area contributed by atoms with E-state index in [2.05, 4.69) is 71.3 Å². The predicted molar refractivity (Wildman–Crippen MR) is 132 cm³/mol. The molecule has 0 saturated carbocycles. The number of aryl methyl sites for hydroxylation is 1. The van der Waals surface area contributed by atoms with Crippen molar-refractivity contribution in [2.24, 2.45) is 0 Å². The van der Waals surface area contributed by atoms with Crippen molar-refractivity contribution in [3.63, 3.8) is 0 Å². The zero-order valence-electron chi connectivity index (χ0n) is 19.4. The molecule has 1 aliphatic heterocycles. The van der Waals surface area contributed by atoms with Gasteiger partial charge in [-0.15, -0.1) is 0 Å². The molecule has 1 unspecified atom stereocenters. The third-order valence-electron chi connectivity index (χ3n) is 6.87. The van der Waals surface area contributed by atoms with E-state index in [0.29, 0.717) is 5.92 Å². The lowest BCUT2D eigenvalue weighted by Gasteiger charge is -2.34. The Morgan fingerprint density at radius 3 is 2.53 bits per heavy atom. The predicted octanol–water partition coefficient (Wildman–Crippen LogP) is 5.51. The molecule has 2 heterocycles. The van der Waals surface area contributed by atoms with Gasteiger partial charge in [-0.3, -0.25) is 9.88 Å². The van der Waals surface area contributed by atoms with E-state index in [0.717, 1.165) is 55.8 Å². The molecular formula is C28H34N4. The minimum absolute atomic E-state index is 0.585. The van der Waals surface area contributed by atoms with Crippen molar-refractivity contribution in [1.82, 2.24) is 14.8 Å². The highest BCUT2D eigenvalue weighted by Gasteiger charge is 2.18. The number of nitriles is 1. The van der Waals surface area contributed by atoms with Gasteiger partial charge in [0.2, 0.25) is 0 Å². The minimum atomic E-state index is 0.585. The molecule has 3 aromatic rings. The van der Waals surface area contributed by atoms with Crippen molar-refractivity contribution in [2.75, 3.05) is 32.7 Å². The van der Waals surface area contributed by atoms with E-state index < -0.39 is 0 Å². The summed E-state index contributed by atoms with van der Waals surface area (Å²) >= 11 is 0. The maximum absolute atomic E-state index is 9.17. The quantitative estimate of drug-likeness (QED) is 0.477. The van der Waals surface area contributed by atoms with Gasteiger partial charge in [-0.25, -0.2) is 0 Å². The van der Waals surface area contributed by atoms with Crippen LogP contribution in [0.15, 0.2) is 54.6 Å². The normalized spacial score (nSPS) is 16.2. The van der Waals surface area contributed by atoms with Crippen LogP contribution in [0.4, 0.5) is 0 Å². The second kappa shape index (κ2) is 10.7. The Kier molecular flexibility index (Phi) is 7.52. The Morgan fingerprint density at radius 2 is 1.78 bits per heavy atom. The maximum atomic E-state index is 9.17. The van der Waals surface area contributed by atoms with Gasteiger partial charge in [-0.05, 0) is 68.0 Å². The smallest absolute Gasteiger partial charge is 0.0994 e. The van der Waals surface area contributed by atoms with E-state index in [1.54, 1.807) is 0 Å². The topological polar surface area (TPSA) is 43.2 Å². The molecule has 166 valence electrons. The van der Waals surface area contributed by atoms with Crippen LogP contribution < -0.4 is 0 Å². The van der Waals surface area contributed by atoms with E-state index >= 15 is 0 Å². The van der Waals surface area contributed by atoms with Crippen molar-refractivity contribution in [3.05, 3.63) is 77.0 Å². The highest BCUT2D eigenvalue weighted by atomic mass is 15.3. The third-order valence-corrected chi connectivity index (χ3v) is 6.87. The molecule has 0 N–H and O–H groups in total. The Hall–Kier alpha value is -2.74. The molecule has 1 aliphatic rings. The van der Waals surface area contributed by atoms with Gasteiger partial charge in [0.25, 0.3) is 0 Å². The molecule has 4 rings (SSSR count). The van der Waals surface area contributed by atoms with Gasteiger partial charge in [0.05, 0.1) is 22.8 Å². The van der Waals surface area contributed by atoms with Crippen LogP contribution in [0.1, 0.15) is 54.5 Å². The van der Waals surface area contributed by atoms with Crippen LogP contribution in [-0.4, -0.2) is 47.5 Å². The SMILES string of the molecule is CCC(CCCN1CCN(Cc2ccc3ccccc3n2)CC1)c1ccc(C#N)c(C)c1. The molecule has 0 radical (unpaired) electrons. The van der Waals surface area contributed by atoms with Crippen LogP contribution in [0.2, 0.25) is 0 Å². The molecule has 4 heteroatoms. The first-order valence-corrected chi connectivity index (χ1v) is 12.0. The number of aromatic nitrogens is 1. The molecule has 1 saturated heterocycles. The second-order valence-corrected chi connectivity index (χ2v) is 9.05. The van der Waals surface area contributed by atoms with Gasteiger partial charge in [-0.2, -0.15) is 5.26 Å². The second-order valence-electron chi connectivity index (χ2n) is 9.05. The summed E-state index contributed by atoms with van der Waals surface area (Å²) in [6.45, 7) is 10.9. The van der Waals surface area contributed by atoms with Gasteiger partial charge < -0.3 is 4.90 Å². The third kappa shape index (κ3) is 5.54. The number of hydrogen-bond donors (Lipinski definition) is 0. The van der Waals surface area contributed by atoms with Crippen molar-refractivity contribution in [1.29, 1.82) is 5.26 Å². The lowest BCUT2D eigenvalue weighted by atomic mass is 9.90. The molecule has 32 heavy (non-hydrogen) atoms. The highest BCUT2D eigenvalue weighted by molar-refractivity contribution is 5.78. The molecule has 1 fully saturated rings. The van der Waals surface area contributed by atoms with Crippen LogP contribution >= 0.6 is 0 Å². The summed E-state index contributed by atoms with van der Waals surface area (Å²) in [6.07, 6.45) is 3.59. The fourth-order valence-electron chi connectivity index (χ4n) is 4.83. The van der Waals surface area contributed by atoms with Gasteiger partial charge >= 0.3 is 0 Å². The van der Waals surface area contributed by atoms with E-state index in [4.69, 9.17) is 4.98 Å². The zero-order chi connectivity index (χ0) is 22.3. The monoisotopic (exact) mass is 426 g/mol. The molecular weight excluding hydrogens is 392 g/mol. The van der Waals surface area contributed by atoms with Crippen LogP contribution in [0.3, 0.4) is 0 Å². The van der Waals surface area contributed by atoms with E-state index in [1.807, 2.05) is 13.0 Å². The molecule has 0 aliphatic carbocycles.